The lowest BCUT2D eigenvalue weighted by atomic mass is 9.82. The molecule has 0 heterocycles. The molecule has 3 aliphatic rings. The summed E-state index contributed by atoms with van der Waals surface area (Å²) in [6.45, 7) is 18.7. The van der Waals surface area contributed by atoms with Crippen molar-refractivity contribution in [2.75, 3.05) is 9.80 Å². The second-order valence-electron chi connectivity index (χ2n) is 28.2. The molecule has 0 bridgehead atoms. The van der Waals surface area contributed by atoms with Crippen molar-refractivity contribution in [1.29, 1.82) is 0 Å². The summed E-state index contributed by atoms with van der Waals surface area (Å²) in [5, 5.41) is 0. The molecule has 0 aromatic heterocycles. The van der Waals surface area contributed by atoms with E-state index in [2.05, 4.69) is 393 Å². The van der Waals surface area contributed by atoms with Crippen LogP contribution in [0.1, 0.15) is 86.1 Å². The smallest absolute Gasteiger partial charge is 0.0491 e. The SMILES string of the molecule is Cc1cc(-c2cccc(-c3ccccc3)c2)ccc1N(c1ccc(-c2ccccc2)cc1)c1ccc2c(c1)C(C)(C)c1ccccc1-2.Cc1cc(-c2cccc(-c3ccccc3)c2)ccc1N(c1ccc2c(c1)C(C)(C)c1ccccc1-2)c1ccc2c(c1)C(C)(C)c1ccccc1-2. The van der Waals surface area contributed by atoms with Gasteiger partial charge in [0.15, 0.2) is 0 Å². The van der Waals surface area contributed by atoms with Crippen molar-refractivity contribution in [2.24, 2.45) is 0 Å². The lowest BCUT2D eigenvalue weighted by molar-refractivity contribution is 0.660. The molecule has 0 amide bonds. The highest BCUT2D eigenvalue weighted by Crippen LogP contribution is 2.55. The third kappa shape index (κ3) is 10.7. The molecule has 0 unspecified atom stereocenters. The maximum absolute atomic E-state index is 2.48. The summed E-state index contributed by atoms with van der Waals surface area (Å²) < 4.78 is 0. The number of hydrogen-bond donors (Lipinski definition) is 0. The Morgan fingerprint density at radius 2 is 0.433 bits per heavy atom. The molecule has 0 atom stereocenters. The zero-order valence-corrected chi connectivity index (χ0v) is 56.6. The molecule has 2 heteroatoms. The first-order valence-corrected chi connectivity index (χ1v) is 34.2. The second-order valence-corrected chi connectivity index (χ2v) is 28.2. The van der Waals surface area contributed by atoms with Crippen LogP contribution in [-0.2, 0) is 16.2 Å². The fraction of sp³-hybridized carbons (Fsp3) is 0.116. The van der Waals surface area contributed by atoms with E-state index in [1.165, 1.54) is 162 Å². The first kappa shape index (κ1) is 60.6. The van der Waals surface area contributed by atoms with Gasteiger partial charge in [-0.25, -0.2) is 0 Å². The monoisotopic (exact) mass is 1250 g/mol. The standard InChI is InChI=1S/C49H41N.C46H37N/c1-32-28-36(35-17-13-16-34(29-35)33-14-7-6-8-15-33)22-27-47(32)50(37-23-25-41-39-18-9-11-20-43(39)48(2,3)45(41)30-37)38-24-26-42-40-19-10-12-21-44(40)49(4,5)46(42)31-38;1-32-29-38(37-18-12-17-36(30-37)34-15-8-5-9-16-34)23-28-45(32)47(39-24-21-35(22-25-39)33-13-6-4-7-14-33)40-26-27-42-41-19-10-11-20-43(41)46(2,3)44(42)31-40/h6-31H,1-5H3;4-31H,1-3H3. The molecular formula is C95H78N2. The predicted octanol–water partition coefficient (Wildman–Crippen LogP) is 26.2. The highest BCUT2D eigenvalue weighted by Gasteiger charge is 2.39. The number of fused-ring (bicyclic) bond motifs is 9. The summed E-state index contributed by atoms with van der Waals surface area (Å²) in [6, 6.07) is 120. The minimum atomic E-state index is -0.0855. The van der Waals surface area contributed by atoms with E-state index in [0.717, 1.165) is 5.69 Å². The topological polar surface area (TPSA) is 6.48 Å². The molecule has 0 radical (unpaired) electrons. The average Bonchev–Trinajstić information content (AvgIpc) is 1.61. The molecule has 3 aliphatic carbocycles. The fourth-order valence-corrected chi connectivity index (χ4v) is 16.0. The Labute approximate surface area is 573 Å². The third-order valence-corrected chi connectivity index (χ3v) is 21.2. The molecule has 0 aliphatic heterocycles. The van der Waals surface area contributed by atoms with Crippen LogP contribution in [0.15, 0.2) is 328 Å². The van der Waals surface area contributed by atoms with Crippen LogP contribution in [0.3, 0.4) is 0 Å². The van der Waals surface area contributed by atoms with Gasteiger partial charge < -0.3 is 9.80 Å². The van der Waals surface area contributed by atoms with Gasteiger partial charge in [0.05, 0.1) is 0 Å². The molecule has 468 valence electrons. The van der Waals surface area contributed by atoms with E-state index < -0.39 is 0 Å². The van der Waals surface area contributed by atoms with Crippen LogP contribution in [0.5, 0.6) is 0 Å². The van der Waals surface area contributed by atoms with Crippen LogP contribution >= 0.6 is 0 Å². The molecule has 14 aromatic rings. The van der Waals surface area contributed by atoms with Gasteiger partial charge in [0.25, 0.3) is 0 Å². The summed E-state index contributed by atoms with van der Waals surface area (Å²) in [5.41, 5.74) is 37.8. The zero-order valence-electron chi connectivity index (χ0n) is 56.6. The van der Waals surface area contributed by atoms with Gasteiger partial charge in [-0.2, -0.15) is 0 Å². The Hall–Kier alpha value is -11.3. The third-order valence-electron chi connectivity index (χ3n) is 21.2. The maximum atomic E-state index is 2.48. The van der Waals surface area contributed by atoms with Crippen LogP contribution in [-0.4, -0.2) is 0 Å². The molecule has 0 fully saturated rings. The minimum absolute atomic E-state index is 0.0759. The highest BCUT2D eigenvalue weighted by atomic mass is 15.2. The van der Waals surface area contributed by atoms with Gasteiger partial charge in [-0.1, -0.05) is 284 Å². The van der Waals surface area contributed by atoms with E-state index in [0.29, 0.717) is 0 Å². The molecule has 17 rings (SSSR count). The van der Waals surface area contributed by atoms with E-state index in [9.17, 15) is 0 Å². The van der Waals surface area contributed by atoms with E-state index in [1.807, 2.05) is 0 Å². The highest BCUT2D eigenvalue weighted by molar-refractivity contribution is 5.91. The molecule has 0 N–H and O–H groups in total. The fourth-order valence-electron chi connectivity index (χ4n) is 16.0. The first-order chi connectivity index (χ1) is 47.2. The van der Waals surface area contributed by atoms with E-state index in [1.54, 1.807) is 0 Å². The van der Waals surface area contributed by atoms with Crippen LogP contribution in [0, 0.1) is 13.8 Å². The van der Waals surface area contributed by atoms with Crippen molar-refractivity contribution in [3.05, 3.63) is 372 Å². The van der Waals surface area contributed by atoms with Gasteiger partial charge in [-0.3, -0.25) is 0 Å². The molecule has 0 saturated carbocycles. The Kier molecular flexibility index (Phi) is 15.1. The molecule has 97 heavy (non-hydrogen) atoms. The van der Waals surface area contributed by atoms with Crippen LogP contribution < -0.4 is 9.80 Å². The van der Waals surface area contributed by atoms with E-state index >= 15 is 0 Å². The number of aryl methyl sites for hydroxylation is 2. The number of rotatable bonds is 11. The quantitative estimate of drug-likeness (QED) is 0.127. The van der Waals surface area contributed by atoms with Gasteiger partial charge >= 0.3 is 0 Å². The number of benzene rings is 14. The minimum Gasteiger partial charge on any atom is -0.310 e. The molecular weight excluding hydrogens is 1170 g/mol. The Balaban J connectivity index is 0.000000152. The average molecular weight is 1250 g/mol. The number of hydrogen-bond acceptors (Lipinski definition) is 2. The summed E-state index contributed by atoms with van der Waals surface area (Å²) in [5.74, 6) is 0. The molecule has 0 saturated heterocycles. The first-order valence-electron chi connectivity index (χ1n) is 34.2. The Bertz CT molecular complexity index is 5220. The van der Waals surface area contributed by atoms with Gasteiger partial charge in [-0.05, 0) is 232 Å². The van der Waals surface area contributed by atoms with Gasteiger partial charge in [0.1, 0.15) is 0 Å². The van der Waals surface area contributed by atoms with Crippen molar-refractivity contribution < 1.29 is 0 Å². The predicted molar refractivity (Wildman–Crippen MR) is 412 cm³/mol. The summed E-state index contributed by atoms with van der Waals surface area (Å²) >= 11 is 0. The van der Waals surface area contributed by atoms with Crippen LogP contribution in [0.4, 0.5) is 34.1 Å². The summed E-state index contributed by atoms with van der Waals surface area (Å²) in [7, 11) is 0. The van der Waals surface area contributed by atoms with Crippen molar-refractivity contribution in [3.8, 4) is 89.0 Å². The maximum Gasteiger partial charge on any atom is 0.0491 e. The normalized spacial score (nSPS) is 13.6. The van der Waals surface area contributed by atoms with Crippen molar-refractivity contribution in [3.63, 3.8) is 0 Å². The lowest BCUT2D eigenvalue weighted by Crippen LogP contribution is -2.18. The summed E-state index contributed by atoms with van der Waals surface area (Å²) in [6.07, 6.45) is 0. The zero-order chi connectivity index (χ0) is 66.2. The van der Waals surface area contributed by atoms with E-state index in [4.69, 9.17) is 0 Å². The van der Waals surface area contributed by atoms with Crippen molar-refractivity contribution >= 4 is 34.1 Å². The molecule has 0 spiro atoms. The van der Waals surface area contributed by atoms with Crippen LogP contribution in [0.25, 0.3) is 89.0 Å². The van der Waals surface area contributed by atoms with Gasteiger partial charge in [0.2, 0.25) is 0 Å². The number of anilines is 6. The van der Waals surface area contributed by atoms with Crippen molar-refractivity contribution in [2.45, 2.75) is 71.6 Å². The molecule has 14 aromatic carbocycles. The lowest BCUT2D eigenvalue weighted by Gasteiger charge is -2.31. The van der Waals surface area contributed by atoms with Crippen molar-refractivity contribution in [1.82, 2.24) is 0 Å². The van der Waals surface area contributed by atoms with Gasteiger partial charge in [-0.15, -0.1) is 0 Å². The number of nitrogens with zero attached hydrogens (tertiary/aromatic N) is 2. The Morgan fingerprint density at radius 3 is 0.784 bits per heavy atom. The second kappa shape index (κ2) is 24.2. The summed E-state index contributed by atoms with van der Waals surface area (Å²) in [4.78, 5) is 4.91. The Morgan fingerprint density at radius 1 is 0.186 bits per heavy atom. The largest absolute Gasteiger partial charge is 0.310 e. The van der Waals surface area contributed by atoms with E-state index in [-0.39, 0.29) is 16.2 Å². The van der Waals surface area contributed by atoms with Crippen LogP contribution in [0.2, 0.25) is 0 Å². The van der Waals surface area contributed by atoms with Gasteiger partial charge in [0, 0.05) is 50.4 Å². The molecule has 2 nitrogen and oxygen atoms in total.